The molecule has 150 valence electrons. The van der Waals surface area contributed by atoms with Crippen molar-refractivity contribution >= 4 is 45.3 Å². The van der Waals surface area contributed by atoms with Crippen LogP contribution in [-0.4, -0.2) is 38.0 Å². The van der Waals surface area contributed by atoms with Gasteiger partial charge >= 0.3 is 5.97 Å². The zero-order chi connectivity index (χ0) is 20.7. The van der Waals surface area contributed by atoms with Gasteiger partial charge in [-0.1, -0.05) is 15.9 Å². The Morgan fingerprint density at radius 3 is 2.46 bits per heavy atom. The first-order valence-electron chi connectivity index (χ1n) is 8.45. The molecule has 0 spiro atoms. The molecular formula is C20H22BrNO5S. The number of carbonyl (C=O) groups excluding carboxylic acids is 2. The summed E-state index contributed by atoms with van der Waals surface area (Å²) >= 11 is 4.78. The number of anilines is 1. The van der Waals surface area contributed by atoms with Gasteiger partial charge < -0.3 is 19.5 Å². The minimum Gasteiger partial charge on any atom is -0.493 e. The van der Waals surface area contributed by atoms with E-state index < -0.39 is 18.0 Å². The van der Waals surface area contributed by atoms with Crippen LogP contribution >= 0.6 is 27.7 Å². The zero-order valence-corrected chi connectivity index (χ0v) is 18.5. The molecule has 0 aromatic heterocycles. The topological polar surface area (TPSA) is 73.9 Å². The standard InChI is InChI=1S/C20H22BrNO5S/c1-12-9-14(21)5-8-18(12)28-11-19(23)27-13(2)20(24)22-15-6-7-16(25-3)17(10-15)26-4/h5-10,13H,11H2,1-4H3,(H,22,24). The van der Waals surface area contributed by atoms with Crippen molar-refractivity contribution in [2.45, 2.75) is 24.8 Å². The average molecular weight is 468 g/mol. The molecule has 8 heteroatoms. The van der Waals surface area contributed by atoms with Crippen molar-refractivity contribution in [2.24, 2.45) is 0 Å². The number of methoxy groups -OCH3 is 2. The summed E-state index contributed by atoms with van der Waals surface area (Å²) in [7, 11) is 3.05. The van der Waals surface area contributed by atoms with Gasteiger partial charge in [0.2, 0.25) is 0 Å². The van der Waals surface area contributed by atoms with E-state index in [0.29, 0.717) is 17.2 Å². The van der Waals surface area contributed by atoms with Crippen LogP contribution in [0.1, 0.15) is 12.5 Å². The van der Waals surface area contributed by atoms with Crippen LogP contribution in [0, 0.1) is 6.92 Å². The summed E-state index contributed by atoms with van der Waals surface area (Å²) in [5.74, 6) is 0.287. The molecule has 0 fully saturated rings. The van der Waals surface area contributed by atoms with Crippen molar-refractivity contribution in [1.29, 1.82) is 0 Å². The largest absolute Gasteiger partial charge is 0.493 e. The monoisotopic (exact) mass is 467 g/mol. The highest BCUT2D eigenvalue weighted by Crippen LogP contribution is 2.30. The number of aryl methyl sites for hydroxylation is 1. The predicted molar refractivity (Wildman–Crippen MR) is 113 cm³/mol. The van der Waals surface area contributed by atoms with E-state index in [0.717, 1.165) is 14.9 Å². The van der Waals surface area contributed by atoms with Gasteiger partial charge in [0.1, 0.15) is 0 Å². The van der Waals surface area contributed by atoms with Crippen LogP contribution in [-0.2, 0) is 14.3 Å². The van der Waals surface area contributed by atoms with Gasteiger partial charge in [-0.15, -0.1) is 11.8 Å². The van der Waals surface area contributed by atoms with E-state index in [4.69, 9.17) is 14.2 Å². The lowest BCUT2D eigenvalue weighted by Gasteiger charge is -2.15. The first-order valence-corrected chi connectivity index (χ1v) is 10.2. The smallest absolute Gasteiger partial charge is 0.317 e. The van der Waals surface area contributed by atoms with Crippen LogP contribution in [0.2, 0.25) is 0 Å². The maximum Gasteiger partial charge on any atom is 0.317 e. The fraction of sp³-hybridized carbons (Fsp3) is 0.300. The third-order valence-electron chi connectivity index (χ3n) is 3.81. The third-order valence-corrected chi connectivity index (χ3v) is 5.45. The molecule has 0 saturated heterocycles. The Morgan fingerprint density at radius 1 is 1.11 bits per heavy atom. The first-order chi connectivity index (χ1) is 13.3. The van der Waals surface area contributed by atoms with Crippen LogP contribution in [0.4, 0.5) is 5.69 Å². The van der Waals surface area contributed by atoms with Gasteiger partial charge in [-0.25, -0.2) is 0 Å². The summed E-state index contributed by atoms with van der Waals surface area (Å²) < 4.78 is 16.6. The van der Waals surface area contributed by atoms with E-state index in [-0.39, 0.29) is 5.75 Å². The number of esters is 1. The van der Waals surface area contributed by atoms with Gasteiger partial charge in [0, 0.05) is 21.1 Å². The van der Waals surface area contributed by atoms with Crippen molar-refractivity contribution in [3.05, 3.63) is 46.4 Å². The van der Waals surface area contributed by atoms with Crippen LogP contribution in [0.5, 0.6) is 11.5 Å². The molecule has 1 atom stereocenters. The van der Waals surface area contributed by atoms with Crippen molar-refractivity contribution in [2.75, 3.05) is 25.3 Å². The first kappa shape index (κ1) is 22.1. The number of halogens is 1. The highest BCUT2D eigenvalue weighted by Gasteiger charge is 2.19. The normalized spacial score (nSPS) is 11.5. The predicted octanol–water partition coefficient (Wildman–Crippen LogP) is 4.44. The van der Waals surface area contributed by atoms with E-state index in [1.807, 2.05) is 25.1 Å². The second kappa shape index (κ2) is 10.4. The van der Waals surface area contributed by atoms with Crippen molar-refractivity contribution < 1.29 is 23.8 Å². The molecule has 0 aliphatic carbocycles. The number of ether oxygens (including phenoxy) is 3. The minimum absolute atomic E-state index is 0.121. The van der Waals surface area contributed by atoms with Gasteiger partial charge in [-0.3, -0.25) is 9.59 Å². The Balaban J connectivity index is 1.88. The Hall–Kier alpha value is -2.19. The lowest BCUT2D eigenvalue weighted by Crippen LogP contribution is -2.30. The third kappa shape index (κ3) is 6.17. The molecule has 1 unspecified atom stereocenters. The maximum atomic E-state index is 12.3. The van der Waals surface area contributed by atoms with Gasteiger partial charge in [0.15, 0.2) is 17.6 Å². The molecular weight excluding hydrogens is 446 g/mol. The lowest BCUT2D eigenvalue weighted by molar-refractivity contribution is -0.150. The van der Waals surface area contributed by atoms with Crippen molar-refractivity contribution in [3.8, 4) is 11.5 Å². The fourth-order valence-corrected chi connectivity index (χ4v) is 3.62. The number of thioether (sulfide) groups is 1. The van der Waals surface area contributed by atoms with Crippen LogP contribution in [0.3, 0.4) is 0 Å². The molecule has 1 N–H and O–H groups in total. The van der Waals surface area contributed by atoms with Crippen LogP contribution in [0.25, 0.3) is 0 Å². The Labute approximate surface area is 177 Å². The Bertz CT molecular complexity index is 858. The summed E-state index contributed by atoms with van der Waals surface area (Å²) in [5, 5.41) is 2.70. The molecule has 0 bridgehead atoms. The van der Waals surface area contributed by atoms with E-state index in [2.05, 4.69) is 21.2 Å². The second-order valence-electron chi connectivity index (χ2n) is 5.89. The zero-order valence-electron chi connectivity index (χ0n) is 16.1. The molecule has 2 rings (SSSR count). The number of benzene rings is 2. The summed E-state index contributed by atoms with van der Waals surface area (Å²) in [6.07, 6.45) is -0.924. The average Bonchev–Trinajstić information content (AvgIpc) is 2.67. The van der Waals surface area contributed by atoms with E-state index in [1.165, 1.54) is 32.9 Å². The maximum absolute atomic E-state index is 12.3. The summed E-state index contributed by atoms with van der Waals surface area (Å²) in [6.45, 7) is 3.50. The SMILES string of the molecule is COc1ccc(NC(=O)C(C)OC(=O)CSc2ccc(Br)cc2C)cc1OC. The van der Waals surface area contributed by atoms with Gasteiger partial charge in [-0.05, 0) is 49.7 Å². The highest BCUT2D eigenvalue weighted by atomic mass is 79.9. The van der Waals surface area contributed by atoms with Crippen molar-refractivity contribution in [1.82, 2.24) is 0 Å². The summed E-state index contributed by atoms with van der Waals surface area (Å²) in [6, 6.07) is 10.8. The van der Waals surface area contributed by atoms with Gasteiger partial charge in [0.05, 0.1) is 20.0 Å². The molecule has 28 heavy (non-hydrogen) atoms. The number of amides is 1. The number of carbonyl (C=O) groups is 2. The van der Waals surface area contributed by atoms with Gasteiger partial charge in [-0.2, -0.15) is 0 Å². The molecule has 0 radical (unpaired) electrons. The van der Waals surface area contributed by atoms with E-state index in [1.54, 1.807) is 18.2 Å². The van der Waals surface area contributed by atoms with E-state index in [9.17, 15) is 9.59 Å². The van der Waals surface area contributed by atoms with Crippen LogP contribution < -0.4 is 14.8 Å². The summed E-state index contributed by atoms with van der Waals surface area (Å²) in [4.78, 5) is 25.4. The molecule has 1 amide bonds. The quantitative estimate of drug-likeness (QED) is 0.456. The lowest BCUT2D eigenvalue weighted by atomic mass is 10.2. The minimum atomic E-state index is -0.924. The Morgan fingerprint density at radius 2 is 1.82 bits per heavy atom. The molecule has 2 aromatic rings. The summed E-state index contributed by atoms with van der Waals surface area (Å²) in [5.41, 5.74) is 1.58. The molecule has 0 aliphatic heterocycles. The van der Waals surface area contributed by atoms with Gasteiger partial charge in [0.25, 0.3) is 5.91 Å². The molecule has 0 aliphatic rings. The second-order valence-corrected chi connectivity index (χ2v) is 7.82. The fourth-order valence-electron chi connectivity index (χ4n) is 2.35. The Kier molecular flexibility index (Phi) is 8.19. The van der Waals surface area contributed by atoms with E-state index >= 15 is 0 Å². The molecule has 2 aromatic carbocycles. The van der Waals surface area contributed by atoms with Crippen LogP contribution in [0.15, 0.2) is 45.8 Å². The number of hydrogen-bond acceptors (Lipinski definition) is 6. The molecule has 6 nitrogen and oxygen atoms in total. The number of hydrogen-bond donors (Lipinski definition) is 1. The number of rotatable bonds is 8. The number of nitrogens with one attached hydrogen (secondary N) is 1. The highest BCUT2D eigenvalue weighted by molar-refractivity contribution is 9.10. The molecule has 0 saturated carbocycles. The molecule has 0 heterocycles. The van der Waals surface area contributed by atoms with Crippen molar-refractivity contribution in [3.63, 3.8) is 0 Å².